The fraction of sp³-hybridized carbons (Fsp3) is 0.500. The third-order valence-corrected chi connectivity index (χ3v) is 8.09. The van der Waals surface area contributed by atoms with Crippen LogP contribution in [0.4, 0.5) is 4.79 Å². The minimum Gasteiger partial charge on any atom is -0.444 e. The second-order valence-electron chi connectivity index (χ2n) is 12.7. The number of hydrogen-bond acceptors (Lipinski definition) is 5. The number of Topliss-reactive ketones (excluding diaryl/α,β-unsaturated/α-hetero) is 1. The van der Waals surface area contributed by atoms with Gasteiger partial charge < -0.3 is 20.3 Å². The lowest BCUT2D eigenvalue weighted by atomic mass is 9.73. The van der Waals surface area contributed by atoms with Gasteiger partial charge in [0.15, 0.2) is 5.78 Å². The molecule has 40 heavy (non-hydrogen) atoms. The molecule has 3 amide bonds. The molecule has 0 bridgehead atoms. The van der Waals surface area contributed by atoms with Crippen LogP contribution in [0.1, 0.15) is 88.2 Å². The summed E-state index contributed by atoms with van der Waals surface area (Å²) in [5.41, 5.74) is 0.523. The third-order valence-electron chi connectivity index (χ3n) is 8.09. The van der Waals surface area contributed by atoms with Crippen LogP contribution in [0.25, 0.3) is 0 Å². The van der Waals surface area contributed by atoms with Gasteiger partial charge in [0.1, 0.15) is 17.2 Å². The number of nitrogens with one attached hydrogen (secondary N) is 2. The summed E-state index contributed by atoms with van der Waals surface area (Å²) in [6, 6.07) is 16.5. The Hall–Kier alpha value is -3.68. The number of rotatable bonds is 6. The van der Waals surface area contributed by atoms with Crippen molar-refractivity contribution in [2.75, 3.05) is 13.1 Å². The second kappa shape index (κ2) is 11.1. The smallest absolute Gasteiger partial charge is 0.408 e. The van der Waals surface area contributed by atoms with Crippen LogP contribution in [-0.4, -0.2) is 58.9 Å². The number of ether oxygens (including phenoxy) is 1. The Labute approximate surface area is 236 Å². The van der Waals surface area contributed by atoms with Crippen molar-refractivity contribution in [3.8, 4) is 0 Å². The van der Waals surface area contributed by atoms with Gasteiger partial charge in [-0.3, -0.25) is 14.4 Å². The highest BCUT2D eigenvalue weighted by Crippen LogP contribution is 2.46. The monoisotopic (exact) mass is 547 g/mol. The minimum absolute atomic E-state index is 0.165. The first-order valence-electron chi connectivity index (χ1n) is 14.0. The molecule has 8 nitrogen and oxygen atoms in total. The highest BCUT2D eigenvalue weighted by molar-refractivity contribution is 6.02. The molecule has 1 saturated heterocycles. The molecule has 2 aliphatic rings. The molecule has 2 aromatic carbocycles. The number of hydrogen-bond donors (Lipinski definition) is 2. The molecular weight excluding hydrogens is 506 g/mol. The van der Waals surface area contributed by atoms with E-state index in [1.165, 1.54) is 0 Å². The van der Waals surface area contributed by atoms with E-state index < -0.39 is 29.2 Å². The lowest BCUT2D eigenvalue weighted by Crippen LogP contribution is -2.61. The molecule has 0 unspecified atom stereocenters. The zero-order valence-corrected chi connectivity index (χ0v) is 24.4. The SMILES string of the molecule is C[C@@H](c1ccccc1)[C@@H](NC(=O)C(C)(C)NC(=O)OC(C)(C)C)C(=O)N1CCC2(CC1)CC(=O)c1ccccc12. The Balaban J connectivity index is 1.52. The van der Waals surface area contributed by atoms with Crippen LogP contribution in [0.5, 0.6) is 0 Å². The van der Waals surface area contributed by atoms with Crippen LogP contribution in [0, 0.1) is 0 Å². The summed E-state index contributed by atoms with van der Waals surface area (Å²) >= 11 is 0. The molecule has 8 heteroatoms. The minimum atomic E-state index is -1.32. The van der Waals surface area contributed by atoms with E-state index in [1.54, 1.807) is 39.5 Å². The molecule has 1 heterocycles. The Morgan fingerprint density at radius 2 is 1.52 bits per heavy atom. The number of alkyl carbamates (subject to hydrolysis) is 1. The Kier molecular flexibility index (Phi) is 8.11. The number of fused-ring (bicyclic) bond motifs is 2. The highest BCUT2D eigenvalue weighted by Gasteiger charge is 2.46. The van der Waals surface area contributed by atoms with Crippen LogP contribution >= 0.6 is 0 Å². The van der Waals surface area contributed by atoms with Crippen LogP contribution in [0.2, 0.25) is 0 Å². The van der Waals surface area contributed by atoms with Crippen molar-refractivity contribution in [1.29, 1.82) is 0 Å². The van der Waals surface area contributed by atoms with E-state index in [0.29, 0.717) is 32.4 Å². The highest BCUT2D eigenvalue weighted by atomic mass is 16.6. The maximum absolute atomic E-state index is 14.0. The molecule has 1 aliphatic carbocycles. The number of piperidine rings is 1. The van der Waals surface area contributed by atoms with Crippen molar-refractivity contribution in [2.45, 2.75) is 89.3 Å². The molecule has 0 aromatic heterocycles. The van der Waals surface area contributed by atoms with Crippen LogP contribution in [0.15, 0.2) is 54.6 Å². The van der Waals surface area contributed by atoms with Crippen molar-refractivity contribution in [2.24, 2.45) is 0 Å². The molecule has 0 radical (unpaired) electrons. The number of ketones is 1. The predicted octanol–water partition coefficient (Wildman–Crippen LogP) is 4.73. The van der Waals surface area contributed by atoms with Crippen molar-refractivity contribution in [1.82, 2.24) is 15.5 Å². The van der Waals surface area contributed by atoms with E-state index in [4.69, 9.17) is 4.74 Å². The molecule has 2 aromatic rings. The van der Waals surface area contributed by atoms with E-state index >= 15 is 0 Å². The van der Waals surface area contributed by atoms with Crippen molar-refractivity contribution in [3.05, 3.63) is 71.3 Å². The maximum atomic E-state index is 14.0. The molecule has 2 atom stereocenters. The fourth-order valence-corrected chi connectivity index (χ4v) is 5.77. The first-order valence-corrected chi connectivity index (χ1v) is 14.0. The van der Waals surface area contributed by atoms with Gasteiger partial charge in [-0.15, -0.1) is 0 Å². The number of benzene rings is 2. The Bertz CT molecular complexity index is 1270. The summed E-state index contributed by atoms with van der Waals surface area (Å²) in [4.78, 5) is 54.5. The summed E-state index contributed by atoms with van der Waals surface area (Å²) in [7, 11) is 0. The van der Waals surface area contributed by atoms with Gasteiger partial charge in [-0.1, -0.05) is 61.5 Å². The van der Waals surface area contributed by atoms with Gasteiger partial charge in [0.05, 0.1) is 0 Å². The molecule has 4 rings (SSSR count). The summed E-state index contributed by atoms with van der Waals surface area (Å²) in [6.07, 6.45) is 1.14. The van der Waals surface area contributed by atoms with E-state index in [9.17, 15) is 19.2 Å². The van der Waals surface area contributed by atoms with Crippen LogP contribution < -0.4 is 10.6 Å². The van der Waals surface area contributed by atoms with E-state index in [-0.39, 0.29) is 23.0 Å². The molecule has 1 aliphatic heterocycles. The number of nitrogens with zero attached hydrogens (tertiary/aromatic N) is 1. The number of likely N-dealkylation sites (tertiary alicyclic amines) is 1. The summed E-state index contributed by atoms with van der Waals surface area (Å²) in [5.74, 6) is -0.814. The van der Waals surface area contributed by atoms with Crippen molar-refractivity contribution < 1.29 is 23.9 Å². The van der Waals surface area contributed by atoms with Crippen LogP contribution in [-0.2, 0) is 19.7 Å². The topological polar surface area (TPSA) is 105 Å². The van der Waals surface area contributed by atoms with Gasteiger partial charge in [0.2, 0.25) is 11.8 Å². The van der Waals surface area contributed by atoms with E-state index in [1.807, 2.05) is 61.5 Å². The maximum Gasteiger partial charge on any atom is 0.408 e. The van der Waals surface area contributed by atoms with Gasteiger partial charge in [0, 0.05) is 36.4 Å². The lowest BCUT2D eigenvalue weighted by Gasteiger charge is -2.41. The number of carbonyl (C=O) groups is 4. The first kappa shape index (κ1) is 29.3. The molecule has 0 saturated carbocycles. The Morgan fingerprint density at radius 1 is 0.925 bits per heavy atom. The summed E-state index contributed by atoms with van der Waals surface area (Å²) < 4.78 is 5.34. The fourth-order valence-electron chi connectivity index (χ4n) is 5.77. The molecule has 214 valence electrons. The average molecular weight is 548 g/mol. The van der Waals surface area contributed by atoms with Gasteiger partial charge in [-0.05, 0) is 58.6 Å². The zero-order valence-electron chi connectivity index (χ0n) is 24.4. The second-order valence-corrected chi connectivity index (χ2v) is 12.7. The molecular formula is C32H41N3O5. The largest absolute Gasteiger partial charge is 0.444 e. The molecule has 1 spiro atoms. The van der Waals surface area contributed by atoms with E-state index in [2.05, 4.69) is 10.6 Å². The lowest BCUT2D eigenvalue weighted by molar-refractivity contribution is -0.139. The standard InChI is InChI=1S/C32H41N3O5/c1-21(22-12-8-7-9-13-22)26(33-28(38)31(5,6)34-29(39)40-30(2,3)4)27(37)35-18-16-32(17-19-35)20-25(36)23-14-10-11-15-24(23)32/h7-15,21,26H,16-20H2,1-6H3,(H,33,38)(H,34,39)/t21-,26+/m0/s1. The summed E-state index contributed by atoms with van der Waals surface area (Å²) in [5, 5.41) is 5.58. The number of carbonyl (C=O) groups excluding carboxylic acids is 4. The molecule has 1 fully saturated rings. The number of amides is 3. The molecule has 2 N–H and O–H groups in total. The van der Waals surface area contributed by atoms with Gasteiger partial charge >= 0.3 is 6.09 Å². The predicted molar refractivity (Wildman–Crippen MR) is 153 cm³/mol. The van der Waals surface area contributed by atoms with Gasteiger partial charge in [-0.25, -0.2) is 4.79 Å². The summed E-state index contributed by atoms with van der Waals surface area (Å²) in [6.45, 7) is 11.3. The average Bonchev–Trinajstić information content (AvgIpc) is 3.16. The zero-order chi connectivity index (χ0) is 29.3. The van der Waals surface area contributed by atoms with Gasteiger partial charge in [-0.2, -0.15) is 0 Å². The third kappa shape index (κ3) is 6.21. The van der Waals surface area contributed by atoms with E-state index in [0.717, 1.165) is 16.7 Å². The Morgan fingerprint density at radius 3 is 2.15 bits per heavy atom. The normalized spacial score (nSPS) is 18.1. The van der Waals surface area contributed by atoms with Crippen molar-refractivity contribution in [3.63, 3.8) is 0 Å². The quantitative estimate of drug-likeness (QED) is 0.544. The van der Waals surface area contributed by atoms with Crippen molar-refractivity contribution >= 4 is 23.7 Å². The first-order chi connectivity index (χ1) is 18.7. The van der Waals surface area contributed by atoms with Gasteiger partial charge in [0.25, 0.3) is 0 Å². The van der Waals surface area contributed by atoms with Crippen LogP contribution in [0.3, 0.4) is 0 Å².